The van der Waals surface area contributed by atoms with E-state index in [2.05, 4.69) is 5.32 Å². The van der Waals surface area contributed by atoms with Gasteiger partial charge in [0.05, 0.1) is 5.56 Å². The van der Waals surface area contributed by atoms with Crippen LogP contribution in [0.25, 0.3) is 0 Å². The SMILES string of the molecule is Fc1cccc([C@@H](N2CCNCC2)C(F)(F)F)c1C(F)(F)F. The van der Waals surface area contributed by atoms with E-state index in [1.807, 2.05) is 0 Å². The van der Waals surface area contributed by atoms with Crippen molar-refractivity contribution in [1.29, 1.82) is 0 Å². The third-order valence-corrected chi connectivity index (χ3v) is 3.45. The molecular formula is C13H13F7N2. The van der Waals surface area contributed by atoms with Crippen LogP contribution < -0.4 is 5.32 Å². The second kappa shape index (κ2) is 6.04. The average molecular weight is 330 g/mol. The molecule has 1 heterocycles. The summed E-state index contributed by atoms with van der Waals surface area (Å²) in [5.41, 5.74) is -2.95. The molecule has 2 rings (SSSR count). The Morgan fingerprint density at radius 3 is 2.09 bits per heavy atom. The molecule has 0 amide bonds. The Hall–Kier alpha value is -1.35. The molecule has 0 aromatic heterocycles. The average Bonchev–Trinajstić information content (AvgIpc) is 2.37. The second-order valence-electron chi connectivity index (χ2n) is 4.93. The number of rotatable bonds is 2. The molecule has 1 aromatic carbocycles. The van der Waals surface area contributed by atoms with Gasteiger partial charge in [0.15, 0.2) is 0 Å². The number of nitrogens with zero attached hydrogens (tertiary/aromatic N) is 1. The normalized spacial score (nSPS) is 19.2. The maximum atomic E-state index is 13.5. The van der Waals surface area contributed by atoms with E-state index in [0.717, 1.165) is 11.0 Å². The molecule has 2 nitrogen and oxygen atoms in total. The van der Waals surface area contributed by atoms with Gasteiger partial charge in [-0.25, -0.2) is 4.39 Å². The van der Waals surface area contributed by atoms with Gasteiger partial charge in [-0.1, -0.05) is 12.1 Å². The monoisotopic (exact) mass is 330 g/mol. The molecule has 9 heteroatoms. The molecule has 0 radical (unpaired) electrons. The van der Waals surface area contributed by atoms with Crippen molar-refractivity contribution in [3.63, 3.8) is 0 Å². The molecule has 0 unspecified atom stereocenters. The van der Waals surface area contributed by atoms with Crippen molar-refractivity contribution in [2.24, 2.45) is 0 Å². The third kappa shape index (κ3) is 3.52. The number of benzene rings is 1. The highest BCUT2D eigenvalue weighted by molar-refractivity contribution is 5.35. The van der Waals surface area contributed by atoms with Gasteiger partial charge in [0.1, 0.15) is 11.9 Å². The summed E-state index contributed by atoms with van der Waals surface area (Å²) in [4.78, 5) is 0.889. The molecule has 0 spiro atoms. The summed E-state index contributed by atoms with van der Waals surface area (Å²) in [5, 5.41) is 2.82. The van der Waals surface area contributed by atoms with Crippen LogP contribution in [0.1, 0.15) is 17.2 Å². The van der Waals surface area contributed by atoms with Crippen molar-refractivity contribution in [2.45, 2.75) is 18.4 Å². The fourth-order valence-electron chi connectivity index (χ4n) is 2.59. The van der Waals surface area contributed by atoms with E-state index in [0.29, 0.717) is 12.1 Å². The molecule has 0 saturated carbocycles. The van der Waals surface area contributed by atoms with E-state index in [1.54, 1.807) is 0 Å². The van der Waals surface area contributed by atoms with Gasteiger partial charge in [-0.3, -0.25) is 4.90 Å². The molecule has 1 aliphatic rings. The van der Waals surface area contributed by atoms with Crippen molar-refractivity contribution in [3.05, 3.63) is 35.1 Å². The van der Waals surface area contributed by atoms with Crippen molar-refractivity contribution in [3.8, 4) is 0 Å². The number of halogens is 7. The maximum Gasteiger partial charge on any atom is 0.419 e. The summed E-state index contributed by atoms with van der Waals surface area (Å²) in [7, 11) is 0. The largest absolute Gasteiger partial charge is 0.419 e. The van der Waals surface area contributed by atoms with E-state index in [4.69, 9.17) is 0 Å². The first-order valence-electron chi connectivity index (χ1n) is 6.49. The van der Waals surface area contributed by atoms with Crippen LogP contribution in [0, 0.1) is 5.82 Å². The lowest BCUT2D eigenvalue weighted by molar-refractivity contribution is -0.191. The summed E-state index contributed by atoms with van der Waals surface area (Å²) >= 11 is 0. The van der Waals surface area contributed by atoms with Gasteiger partial charge in [0.25, 0.3) is 0 Å². The Labute approximate surface area is 121 Å². The molecule has 1 saturated heterocycles. The quantitative estimate of drug-likeness (QED) is 0.837. The predicted octanol–water partition coefficient (Wildman–Crippen LogP) is 3.35. The van der Waals surface area contributed by atoms with Gasteiger partial charge in [-0.05, 0) is 11.6 Å². The Bertz CT molecular complexity index is 518. The van der Waals surface area contributed by atoms with Crippen LogP contribution in [0.2, 0.25) is 0 Å². The second-order valence-corrected chi connectivity index (χ2v) is 4.93. The van der Waals surface area contributed by atoms with Crippen molar-refractivity contribution in [1.82, 2.24) is 10.2 Å². The van der Waals surface area contributed by atoms with E-state index in [1.165, 1.54) is 0 Å². The Balaban J connectivity index is 2.55. The molecule has 1 atom stereocenters. The standard InChI is InChI=1S/C13H13F7N2/c14-9-3-1-2-8(10(9)12(15,16)17)11(13(18,19)20)22-6-4-21-5-7-22/h1-3,11,21H,4-7H2/t11-/m1/s1. The first-order chi connectivity index (χ1) is 10.1. The molecule has 0 bridgehead atoms. The molecule has 1 fully saturated rings. The summed E-state index contributed by atoms with van der Waals surface area (Å²) < 4.78 is 92.5. The molecule has 1 N–H and O–H groups in total. The van der Waals surface area contributed by atoms with Crippen LogP contribution in [0.15, 0.2) is 18.2 Å². The summed E-state index contributed by atoms with van der Waals surface area (Å²) in [6.07, 6.45) is -10.1. The summed E-state index contributed by atoms with van der Waals surface area (Å²) in [6.45, 7) is 0.308. The van der Waals surface area contributed by atoms with Gasteiger partial charge in [0, 0.05) is 26.2 Å². The highest BCUT2D eigenvalue weighted by Crippen LogP contribution is 2.44. The number of nitrogens with one attached hydrogen (secondary N) is 1. The third-order valence-electron chi connectivity index (χ3n) is 3.45. The smallest absolute Gasteiger partial charge is 0.314 e. The fraction of sp³-hybridized carbons (Fsp3) is 0.538. The number of alkyl halides is 6. The van der Waals surface area contributed by atoms with Crippen LogP contribution in [-0.2, 0) is 6.18 Å². The maximum absolute atomic E-state index is 13.5. The zero-order chi connectivity index (χ0) is 16.5. The predicted molar refractivity (Wildman–Crippen MR) is 64.6 cm³/mol. The van der Waals surface area contributed by atoms with Crippen molar-refractivity contribution >= 4 is 0 Å². The molecule has 1 aliphatic heterocycles. The first-order valence-corrected chi connectivity index (χ1v) is 6.49. The highest BCUT2D eigenvalue weighted by Gasteiger charge is 2.49. The van der Waals surface area contributed by atoms with Gasteiger partial charge in [-0.2, -0.15) is 26.3 Å². The van der Waals surface area contributed by atoms with Crippen LogP contribution >= 0.6 is 0 Å². The lowest BCUT2D eigenvalue weighted by Crippen LogP contribution is -2.49. The lowest BCUT2D eigenvalue weighted by atomic mass is 9.97. The Morgan fingerprint density at radius 1 is 1.00 bits per heavy atom. The topological polar surface area (TPSA) is 15.3 Å². The van der Waals surface area contributed by atoms with Crippen LogP contribution in [0.4, 0.5) is 30.7 Å². The number of hydrogen-bond donors (Lipinski definition) is 1. The van der Waals surface area contributed by atoms with E-state index < -0.39 is 35.3 Å². The zero-order valence-corrected chi connectivity index (χ0v) is 11.2. The number of piperazine rings is 1. The lowest BCUT2D eigenvalue weighted by Gasteiger charge is -2.37. The highest BCUT2D eigenvalue weighted by atomic mass is 19.4. The van der Waals surface area contributed by atoms with Gasteiger partial charge in [0.2, 0.25) is 0 Å². The van der Waals surface area contributed by atoms with Crippen LogP contribution in [0.3, 0.4) is 0 Å². The minimum absolute atomic E-state index is 0.0714. The molecule has 0 aliphatic carbocycles. The zero-order valence-electron chi connectivity index (χ0n) is 11.2. The summed E-state index contributed by atoms with van der Waals surface area (Å²) in [6, 6.07) is -0.424. The molecule has 22 heavy (non-hydrogen) atoms. The van der Waals surface area contributed by atoms with E-state index >= 15 is 0 Å². The molecule has 1 aromatic rings. The van der Waals surface area contributed by atoms with Gasteiger partial charge >= 0.3 is 12.4 Å². The minimum Gasteiger partial charge on any atom is -0.314 e. The number of hydrogen-bond acceptors (Lipinski definition) is 2. The van der Waals surface area contributed by atoms with Crippen LogP contribution in [0.5, 0.6) is 0 Å². The molecule has 124 valence electrons. The Kier molecular flexibility index (Phi) is 4.67. The Morgan fingerprint density at radius 2 is 1.59 bits per heavy atom. The van der Waals surface area contributed by atoms with Gasteiger partial charge < -0.3 is 5.32 Å². The van der Waals surface area contributed by atoms with Crippen molar-refractivity contribution < 1.29 is 30.7 Å². The van der Waals surface area contributed by atoms with Crippen molar-refractivity contribution in [2.75, 3.05) is 26.2 Å². The van der Waals surface area contributed by atoms with E-state index in [-0.39, 0.29) is 26.2 Å². The summed E-state index contributed by atoms with van der Waals surface area (Å²) in [5.74, 6) is -1.70. The van der Waals surface area contributed by atoms with Gasteiger partial charge in [-0.15, -0.1) is 0 Å². The van der Waals surface area contributed by atoms with Crippen LogP contribution in [-0.4, -0.2) is 37.3 Å². The fourth-order valence-corrected chi connectivity index (χ4v) is 2.59. The first kappa shape index (κ1) is 17.0. The molecular weight excluding hydrogens is 317 g/mol. The minimum atomic E-state index is -5.20. The van der Waals surface area contributed by atoms with E-state index in [9.17, 15) is 30.7 Å².